The van der Waals surface area contributed by atoms with Gasteiger partial charge in [-0.1, -0.05) is 23.7 Å². The molecule has 4 aliphatic heterocycles. The largest absolute Gasteiger partial charge is 0.378 e. The van der Waals surface area contributed by atoms with Crippen molar-refractivity contribution in [2.75, 3.05) is 56.5 Å². The Morgan fingerprint density at radius 1 is 0.980 bits per heavy atom. The first-order valence-corrected chi connectivity index (χ1v) is 18.5. The summed E-state index contributed by atoms with van der Waals surface area (Å²) >= 11 is 6.32. The van der Waals surface area contributed by atoms with Gasteiger partial charge < -0.3 is 20.0 Å². The summed E-state index contributed by atoms with van der Waals surface area (Å²) in [6.07, 6.45) is 9.31. The van der Waals surface area contributed by atoms with Gasteiger partial charge in [-0.05, 0) is 98.7 Å². The van der Waals surface area contributed by atoms with E-state index in [1.807, 2.05) is 30.2 Å². The van der Waals surface area contributed by atoms with E-state index in [-0.39, 0.29) is 51.6 Å². The molecule has 13 heteroatoms. The molecule has 0 bridgehead atoms. The average molecular weight is 715 g/mol. The number of hydrogen-bond donors (Lipinski definition) is 2. The number of benzene rings is 1. The number of hydrogen-bond acceptors (Lipinski definition) is 9. The summed E-state index contributed by atoms with van der Waals surface area (Å²) in [5.41, 5.74) is 4.32. The van der Waals surface area contributed by atoms with Crippen LogP contribution in [0.15, 0.2) is 47.5 Å². The molecule has 270 valence electrons. The standard InChI is InChI=1S/C38H47ClN8O4/c1-24-18-32(40-20-30(24)29-8-9-33(48)43-35(29)49)46-14-10-38(11-15-46)12-16-47(17-13-38)36(50)26-6-4-25(5-7-26)27-19-28(23-44(2)22-27)42-31-21-41-45(3)37(51)34(31)39/h4-7,18,20-21,27-29,42H,8-17,19,22-23H2,1-3H3,(H,43,48,49)/t27-,28+,29?/m1/s1. The molecule has 2 aromatic heterocycles. The summed E-state index contributed by atoms with van der Waals surface area (Å²) in [7, 11) is 3.68. The van der Waals surface area contributed by atoms with Crippen molar-refractivity contribution in [2.45, 2.75) is 69.7 Å². The van der Waals surface area contributed by atoms with Gasteiger partial charge in [0.05, 0.1) is 17.8 Å². The lowest BCUT2D eigenvalue weighted by Gasteiger charge is -2.47. The quantitative estimate of drug-likeness (QED) is 0.363. The van der Waals surface area contributed by atoms with E-state index >= 15 is 0 Å². The van der Waals surface area contributed by atoms with Gasteiger partial charge in [0, 0.05) is 70.5 Å². The Labute approximate surface area is 303 Å². The first-order chi connectivity index (χ1) is 24.5. The van der Waals surface area contributed by atoms with Gasteiger partial charge >= 0.3 is 0 Å². The summed E-state index contributed by atoms with van der Waals surface area (Å²) in [6, 6.07) is 10.3. The fraction of sp³-hybridized carbons (Fsp3) is 0.526. The highest BCUT2D eigenvalue weighted by Crippen LogP contribution is 2.42. The lowest BCUT2D eigenvalue weighted by atomic mass is 9.71. The first kappa shape index (κ1) is 35.1. The minimum Gasteiger partial charge on any atom is -0.378 e. The number of piperidine rings is 4. The fourth-order valence-corrected chi connectivity index (χ4v) is 8.78. The number of aryl methyl sites for hydroxylation is 2. The normalized spacial score (nSPS) is 24.0. The van der Waals surface area contributed by atoms with E-state index in [1.165, 1.54) is 10.2 Å². The van der Waals surface area contributed by atoms with Crippen molar-refractivity contribution >= 4 is 40.8 Å². The Bertz CT molecular complexity index is 1860. The van der Waals surface area contributed by atoms with Gasteiger partial charge in [-0.2, -0.15) is 5.10 Å². The van der Waals surface area contributed by atoms with Crippen LogP contribution in [0, 0.1) is 12.3 Å². The van der Waals surface area contributed by atoms with Crippen LogP contribution < -0.4 is 21.1 Å². The minimum atomic E-state index is -0.326. The number of carbonyl (C=O) groups excluding carboxylic acids is 3. The Balaban J connectivity index is 0.911. The molecule has 4 aliphatic rings. The zero-order valence-electron chi connectivity index (χ0n) is 29.7. The number of likely N-dealkylation sites (tertiary alicyclic amines) is 2. The third-order valence-corrected chi connectivity index (χ3v) is 12.1. The predicted octanol–water partition coefficient (Wildman–Crippen LogP) is 4.08. The van der Waals surface area contributed by atoms with Gasteiger partial charge in [-0.15, -0.1) is 0 Å². The third-order valence-electron chi connectivity index (χ3n) is 11.7. The summed E-state index contributed by atoms with van der Waals surface area (Å²) in [6.45, 7) is 7.11. The highest BCUT2D eigenvalue weighted by atomic mass is 35.5. The van der Waals surface area contributed by atoms with E-state index in [9.17, 15) is 19.2 Å². The number of pyridine rings is 1. The molecule has 7 rings (SSSR count). The van der Waals surface area contributed by atoms with Crippen molar-refractivity contribution in [2.24, 2.45) is 12.5 Å². The molecule has 3 atom stereocenters. The van der Waals surface area contributed by atoms with Gasteiger partial charge in [-0.25, -0.2) is 9.67 Å². The second kappa shape index (κ2) is 14.4. The van der Waals surface area contributed by atoms with Crippen LogP contribution in [0.5, 0.6) is 0 Å². The molecule has 1 spiro atoms. The monoisotopic (exact) mass is 714 g/mol. The number of halogens is 1. The second-order valence-corrected chi connectivity index (χ2v) is 15.5. The summed E-state index contributed by atoms with van der Waals surface area (Å²) < 4.78 is 1.23. The number of anilines is 2. The van der Waals surface area contributed by atoms with Crippen molar-refractivity contribution in [3.8, 4) is 0 Å². The maximum atomic E-state index is 13.6. The molecule has 6 heterocycles. The third kappa shape index (κ3) is 7.39. The lowest BCUT2D eigenvalue weighted by Crippen LogP contribution is -2.48. The number of rotatable bonds is 6. The smallest absolute Gasteiger partial charge is 0.287 e. The Morgan fingerprint density at radius 2 is 1.69 bits per heavy atom. The van der Waals surface area contributed by atoms with Crippen molar-refractivity contribution in [1.82, 2.24) is 29.9 Å². The maximum Gasteiger partial charge on any atom is 0.287 e. The van der Waals surface area contributed by atoms with Crippen LogP contribution >= 0.6 is 11.6 Å². The molecular formula is C38H47ClN8O4. The van der Waals surface area contributed by atoms with Crippen LogP contribution in [-0.2, 0) is 16.6 Å². The van der Waals surface area contributed by atoms with E-state index in [1.54, 1.807) is 13.2 Å². The van der Waals surface area contributed by atoms with Gasteiger partial charge in [0.2, 0.25) is 11.8 Å². The summed E-state index contributed by atoms with van der Waals surface area (Å²) in [5, 5.41) is 10.2. The summed E-state index contributed by atoms with van der Waals surface area (Å²) in [4.78, 5) is 61.2. The van der Waals surface area contributed by atoms with E-state index < -0.39 is 0 Å². The number of nitrogens with zero attached hydrogens (tertiary/aromatic N) is 6. The van der Waals surface area contributed by atoms with Crippen molar-refractivity contribution in [3.63, 3.8) is 0 Å². The van der Waals surface area contributed by atoms with Gasteiger partial charge in [0.25, 0.3) is 11.5 Å². The maximum absolute atomic E-state index is 13.6. The van der Waals surface area contributed by atoms with Crippen LogP contribution in [-0.4, -0.2) is 94.6 Å². The molecule has 0 radical (unpaired) electrons. The van der Waals surface area contributed by atoms with E-state index in [2.05, 4.69) is 50.8 Å². The number of imide groups is 1. The van der Waals surface area contributed by atoms with Gasteiger partial charge in [0.15, 0.2) is 0 Å². The predicted molar refractivity (Wildman–Crippen MR) is 196 cm³/mol. The highest BCUT2D eigenvalue weighted by Gasteiger charge is 2.39. The topological polar surface area (TPSA) is 133 Å². The van der Waals surface area contributed by atoms with Crippen LogP contribution in [0.25, 0.3) is 0 Å². The molecule has 2 N–H and O–H groups in total. The zero-order valence-corrected chi connectivity index (χ0v) is 30.4. The van der Waals surface area contributed by atoms with Crippen molar-refractivity contribution in [3.05, 3.63) is 80.4 Å². The number of aromatic nitrogens is 3. The number of likely N-dealkylation sites (N-methyl/N-ethyl adjacent to an activating group) is 1. The number of nitrogens with one attached hydrogen (secondary N) is 2. The first-order valence-electron chi connectivity index (χ1n) is 18.1. The minimum absolute atomic E-state index is 0.0951. The van der Waals surface area contributed by atoms with Crippen molar-refractivity contribution < 1.29 is 14.4 Å². The average Bonchev–Trinajstić information content (AvgIpc) is 3.12. The molecule has 0 aliphatic carbocycles. The Morgan fingerprint density at radius 3 is 2.37 bits per heavy atom. The molecular weight excluding hydrogens is 668 g/mol. The van der Waals surface area contributed by atoms with E-state index in [4.69, 9.17) is 16.6 Å². The van der Waals surface area contributed by atoms with Crippen molar-refractivity contribution in [1.29, 1.82) is 0 Å². The highest BCUT2D eigenvalue weighted by molar-refractivity contribution is 6.32. The van der Waals surface area contributed by atoms with E-state index in [0.717, 1.165) is 93.9 Å². The zero-order chi connectivity index (χ0) is 35.9. The van der Waals surface area contributed by atoms with E-state index in [0.29, 0.717) is 18.5 Å². The molecule has 4 saturated heterocycles. The van der Waals surface area contributed by atoms with Gasteiger partial charge in [0.1, 0.15) is 10.8 Å². The number of amides is 3. The van der Waals surface area contributed by atoms with Crippen LogP contribution in [0.2, 0.25) is 5.02 Å². The Hall–Kier alpha value is -4.29. The van der Waals surface area contributed by atoms with Crippen LogP contribution in [0.3, 0.4) is 0 Å². The fourth-order valence-electron chi connectivity index (χ4n) is 8.55. The number of carbonyl (C=O) groups is 3. The SMILES string of the molecule is Cc1cc(N2CCC3(CCN(C(=O)c4ccc([C@@H]5C[C@H](Nc6cnn(C)c(=O)c6Cl)CN(C)C5)cc4)CC3)CC2)ncc1C1CCC(=O)NC1=O. The molecule has 51 heavy (non-hydrogen) atoms. The Kier molecular flexibility index (Phi) is 9.91. The molecule has 1 unspecified atom stereocenters. The molecule has 0 saturated carbocycles. The van der Waals surface area contributed by atoms with Gasteiger partial charge in [-0.3, -0.25) is 24.5 Å². The molecule has 3 amide bonds. The summed E-state index contributed by atoms with van der Waals surface area (Å²) in [5.74, 6) is 0.537. The molecule has 12 nitrogen and oxygen atoms in total. The van der Waals surface area contributed by atoms with Crippen LogP contribution in [0.1, 0.15) is 83.8 Å². The molecule has 4 fully saturated rings. The molecule has 3 aromatic rings. The second-order valence-electron chi connectivity index (χ2n) is 15.1. The molecule has 1 aromatic carbocycles. The lowest BCUT2D eigenvalue weighted by molar-refractivity contribution is -0.134. The van der Waals surface area contributed by atoms with Crippen LogP contribution in [0.4, 0.5) is 11.5 Å².